The van der Waals surface area contributed by atoms with Gasteiger partial charge < -0.3 is 10.4 Å². The van der Waals surface area contributed by atoms with Crippen LogP contribution in [0.4, 0.5) is 0 Å². The molecule has 2 aromatic carbocycles. The molecule has 100 valence electrons. The van der Waals surface area contributed by atoms with Gasteiger partial charge in [0.1, 0.15) is 11.7 Å². The number of carbonyl (C=O) groups excluding carboxylic acids is 1. The maximum Gasteiger partial charge on any atom is 0.242 e. The van der Waals surface area contributed by atoms with E-state index < -0.39 is 5.92 Å². The third-order valence-electron chi connectivity index (χ3n) is 2.93. The van der Waals surface area contributed by atoms with Crippen molar-refractivity contribution in [3.05, 3.63) is 65.7 Å². The van der Waals surface area contributed by atoms with E-state index in [4.69, 9.17) is 5.26 Å². The van der Waals surface area contributed by atoms with Crippen molar-refractivity contribution >= 4 is 5.91 Å². The average Bonchev–Trinajstić information content (AvgIpc) is 2.48. The van der Waals surface area contributed by atoms with Gasteiger partial charge in [-0.2, -0.15) is 5.26 Å². The van der Waals surface area contributed by atoms with Gasteiger partial charge in [0, 0.05) is 6.54 Å². The number of aromatic hydroxyl groups is 1. The predicted molar refractivity (Wildman–Crippen MR) is 74.7 cm³/mol. The summed E-state index contributed by atoms with van der Waals surface area (Å²) >= 11 is 0. The van der Waals surface area contributed by atoms with Crippen LogP contribution in [0.2, 0.25) is 0 Å². The number of hydrogen-bond donors (Lipinski definition) is 2. The maximum atomic E-state index is 12.0. The second-order valence-corrected chi connectivity index (χ2v) is 4.36. The highest BCUT2D eigenvalue weighted by molar-refractivity contribution is 5.86. The van der Waals surface area contributed by atoms with E-state index in [1.54, 1.807) is 48.5 Å². The van der Waals surface area contributed by atoms with E-state index in [9.17, 15) is 9.90 Å². The Balaban J connectivity index is 2.00. The Morgan fingerprint density at radius 1 is 1.15 bits per heavy atom. The fraction of sp³-hybridized carbons (Fsp3) is 0.125. The van der Waals surface area contributed by atoms with Crippen molar-refractivity contribution in [3.8, 4) is 11.8 Å². The van der Waals surface area contributed by atoms with Crippen molar-refractivity contribution in [2.45, 2.75) is 12.5 Å². The van der Waals surface area contributed by atoms with E-state index in [1.165, 1.54) is 0 Å². The van der Waals surface area contributed by atoms with E-state index in [-0.39, 0.29) is 11.7 Å². The molecular weight excluding hydrogens is 252 g/mol. The zero-order valence-corrected chi connectivity index (χ0v) is 10.8. The van der Waals surface area contributed by atoms with Crippen LogP contribution in [0.25, 0.3) is 0 Å². The number of rotatable bonds is 4. The van der Waals surface area contributed by atoms with Gasteiger partial charge in [0.05, 0.1) is 6.07 Å². The lowest BCUT2D eigenvalue weighted by Gasteiger charge is -2.10. The standard InChI is InChI=1S/C16H14N2O2/c17-10-15(13-4-2-1-3-5-13)16(20)18-11-12-6-8-14(19)9-7-12/h1-9,15,19H,11H2,(H,18,20). The second kappa shape index (κ2) is 6.39. The van der Waals surface area contributed by atoms with E-state index in [1.807, 2.05) is 12.1 Å². The van der Waals surface area contributed by atoms with Gasteiger partial charge in [-0.1, -0.05) is 42.5 Å². The van der Waals surface area contributed by atoms with Crippen LogP contribution in [-0.4, -0.2) is 11.0 Å². The fourth-order valence-corrected chi connectivity index (χ4v) is 1.84. The smallest absolute Gasteiger partial charge is 0.242 e. The fourth-order valence-electron chi connectivity index (χ4n) is 1.84. The molecule has 0 aliphatic carbocycles. The minimum absolute atomic E-state index is 0.180. The number of phenols is 1. The molecule has 0 spiro atoms. The number of carbonyl (C=O) groups is 1. The summed E-state index contributed by atoms with van der Waals surface area (Å²) in [7, 11) is 0. The molecule has 4 nitrogen and oxygen atoms in total. The summed E-state index contributed by atoms with van der Waals surface area (Å²) in [6, 6.07) is 17.5. The molecule has 0 heterocycles. The third-order valence-corrected chi connectivity index (χ3v) is 2.93. The zero-order valence-electron chi connectivity index (χ0n) is 10.8. The van der Waals surface area contributed by atoms with Crippen LogP contribution in [0.1, 0.15) is 17.0 Å². The average molecular weight is 266 g/mol. The molecule has 1 atom stereocenters. The van der Waals surface area contributed by atoms with Crippen LogP contribution in [0.15, 0.2) is 54.6 Å². The first kappa shape index (κ1) is 13.6. The molecule has 20 heavy (non-hydrogen) atoms. The summed E-state index contributed by atoms with van der Waals surface area (Å²) in [6.07, 6.45) is 0. The molecule has 1 unspecified atom stereocenters. The van der Waals surface area contributed by atoms with Crippen LogP contribution in [0, 0.1) is 11.3 Å². The van der Waals surface area contributed by atoms with E-state index in [0.717, 1.165) is 5.56 Å². The van der Waals surface area contributed by atoms with E-state index in [0.29, 0.717) is 12.1 Å². The molecule has 0 fully saturated rings. The number of nitrogens with one attached hydrogen (secondary N) is 1. The summed E-state index contributed by atoms with van der Waals surface area (Å²) in [5.74, 6) is -0.959. The second-order valence-electron chi connectivity index (χ2n) is 4.36. The molecule has 1 amide bonds. The number of amides is 1. The Kier molecular flexibility index (Phi) is 4.35. The molecule has 0 aromatic heterocycles. The largest absolute Gasteiger partial charge is 0.508 e. The molecule has 0 radical (unpaired) electrons. The van der Waals surface area contributed by atoms with Gasteiger partial charge in [-0.3, -0.25) is 4.79 Å². The number of nitriles is 1. The summed E-state index contributed by atoms with van der Waals surface area (Å²) in [6.45, 7) is 0.324. The van der Waals surface area contributed by atoms with Crippen molar-refractivity contribution < 1.29 is 9.90 Å². The van der Waals surface area contributed by atoms with Crippen molar-refractivity contribution in [2.24, 2.45) is 0 Å². The summed E-state index contributed by atoms with van der Waals surface area (Å²) in [5.41, 5.74) is 1.54. The molecular formula is C16H14N2O2. The van der Waals surface area contributed by atoms with Gasteiger partial charge in [0.25, 0.3) is 0 Å². The lowest BCUT2D eigenvalue weighted by Crippen LogP contribution is -2.28. The first-order chi connectivity index (χ1) is 9.70. The van der Waals surface area contributed by atoms with Gasteiger partial charge in [0.15, 0.2) is 0 Å². The Hall–Kier alpha value is -2.80. The Labute approximate surface area is 117 Å². The highest BCUT2D eigenvalue weighted by Gasteiger charge is 2.19. The van der Waals surface area contributed by atoms with Gasteiger partial charge in [-0.25, -0.2) is 0 Å². The first-order valence-electron chi connectivity index (χ1n) is 6.21. The number of hydrogen-bond acceptors (Lipinski definition) is 3. The SMILES string of the molecule is N#CC(C(=O)NCc1ccc(O)cc1)c1ccccc1. The Bertz CT molecular complexity index is 615. The lowest BCUT2D eigenvalue weighted by molar-refractivity contribution is -0.121. The zero-order chi connectivity index (χ0) is 14.4. The van der Waals surface area contributed by atoms with Crippen molar-refractivity contribution in [2.75, 3.05) is 0 Å². The first-order valence-corrected chi connectivity index (χ1v) is 6.21. The van der Waals surface area contributed by atoms with Crippen LogP contribution >= 0.6 is 0 Å². The molecule has 2 aromatic rings. The van der Waals surface area contributed by atoms with E-state index in [2.05, 4.69) is 5.32 Å². The molecule has 0 saturated heterocycles. The van der Waals surface area contributed by atoms with Gasteiger partial charge in [0.2, 0.25) is 5.91 Å². The molecule has 4 heteroatoms. The van der Waals surface area contributed by atoms with Crippen LogP contribution < -0.4 is 5.32 Å². The van der Waals surface area contributed by atoms with Gasteiger partial charge in [-0.15, -0.1) is 0 Å². The van der Waals surface area contributed by atoms with Crippen LogP contribution in [0.3, 0.4) is 0 Å². The van der Waals surface area contributed by atoms with Crippen LogP contribution in [0.5, 0.6) is 5.75 Å². The normalized spacial score (nSPS) is 11.3. The number of benzene rings is 2. The van der Waals surface area contributed by atoms with Gasteiger partial charge in [-0.05, 0) is 23.3 Å². The summed E-state index contributed by atoms with van der Waals surface area (Å²) in [4.78, 5) is 12.0. The monoisotopic (exact) mass is 266 g/mol. The Morgan fingerprint density at radius 3 is 2.40 bits per heavy atom. The van der Waals surface area contributed by atoms with Crippen LogP contribution in [-0.2, 0) is 11.3 Å². The molecule has 0 saturated carbocycles. The summed E-state index contributed by atoms with van der Waals surface area (Å²) < 4.78 is 0. The minimum atomic E-state index is -0.812. The maximum absolute atomic E-state index is 12.0. The highest BCUT2D eigenvalue weighted by atomic mass is 16.3. The van der Waals surface area contributed by atoms with Crippen molar-refractivity contribution in [3.63, 3.8) is 0 Å². The number of phenolic OH excluding ortho intramolecular Hbond substituents is 1. The van der Waals surface area contributed by atoms with Crippen molar-refractivity contribution in [1.82, 2.24) is 5.32 Å². The quantitative estimate of drug-likeness (QED) is 0.891. The predicted octanol–water partition coefficient (Wildman–Crippen LogP) is 2.32. The highest BCUT2D eigenvalue weighted by Crippen LogP contribution is 2.15. The lowest BCUT2D eigenvalue weighted by atomic mass is 10.00. The Morgan fingerprint density at radius 2 is 1.80 bits per heavy atom. The third kappa shape index (κ3) is 3.36. The summed E-state index contributed by atoms with van der Waals surface area (Å²) in [5, 5.41) is 21.0. The minimum Gasteiger partial charge on any atom is -0.508 e. The molecule has 0 aliphatic heterocycles. The van der Waals surface area contributed by atoms with Crippen molar-refractivity contribution in [1.29, 1.82) is 5.26 Å². The molecule has 0 aliphatic rings. The topological polar surface area (TPSA) is 73.1 Å². The molecule has 2 N–H and O–H groups in total. The molecule has 2 rings (SSSR count). The number of nitrogens with zero attached hydrogens (tertiary/aromatic N) is 1. The van der Waals surface area contributed by atoms with E-state index >= 15 is 0 Å². The molecule has 0 bridgehead atoms. The van der Waals surface area contributed by atoms with Gasteiger partial charge >= 0.3 is 0 Å².